The van der Waals surface area contributed by atoms with Crippen molar-refractivity contribution >= 4 is 23.1 Å². The van der Waals surface area contributed by atoms with Gasteiger partial charge in [0.1, 0.15) is 16.7 Å². The fraction of sp³-hybridized carbons (Fsp3) is 0.133. The van der Waals surface area contributed by atoms with E-state index in [1.54, 1.807) is 12.1 Å². The summed E-state index contributed by atoms with van der Waals surface area (Å²) in [5.41, 5.74) is 7.70. The second-order valence-corrected chi connectivity index (χ2v) is 4.86. The van der Waals surface area contributed by atoms with Crippen LogP contribution in [0.5, 0.6) is 0 Å². The van der Waals surface area contributed by atoms with E-state index in [-0.39, 0.29) is 10.9 Å². The van der Waals surface area contributed by atoms with E-state index in [0.29, 0.717) is 5.69 Å². The van der Waals surface area contributed by atoms with Crippen LogP contribution in [0.25, 0.3) is 0 Å². The van der Waals surface area contributed by atoms with Gasteiger partial charge in [0.2, 0.25) is 0 Å². The van der Waals surface area contributed by atoms with E-state index in [1.165, 1.54) is 0 Å². The Kier molecular flexibility index (Phi) is 4.42. The summed E-state index contributed by atoms with van der Waals surface area (Å²) < 4.78 is 0. The summed E-state index contributed by atoms with van der Waals surface area (Å²) in [6, 6.07) is 14.2. The van der Waals surface area contributed by atoms with E-state index in [0.717, 1.165) is 11.3 Å². The van der Waals surface area contributed by atoms with E-state index < -0.39 is 6.04 Å². The number of hydrogen-bond acceptors (Lipinski definition) is 3. The molecule has 1 atom stereocenters. The molecule has 1 unspecified atom stereocenters. The van der Waals surface area contributed by atoms with Crippen LogP contribution in [-0.2, 0) is 0 Å². The van der Waals surface area contributed by atoms with Crippen LogP contribution in [0.3, 0.4) is 0 Å². The van der Waals surface area contributed by atoms with E-state index in [2.05, 4.69) is 10.3 Å². The van der Waals surface area contributed by atoms with Crippen molar-refractivity contribution in [2.75, 3.05) is 0 Å². The third-order valence-corrected chi connectivity index (χ3v) is 3.05. The molecule has 0 radical (unpaired) electrons. The van der Waals surface area contributed by atoms with Crippen LogP contribution in [0.1, 0.15) is 27.8 Å². The van der Waals surface area contributed by atoms with E-state index in [9.17, 15) is 4.79 Å². The topological polar surface area (TPSA) is 68.0 Å². The molecule has 0 saturated carbocycles. The Morgan fingerprint density at radius 3 is 2.50 bits per heavy atom. The standard InChI is InChI=1S/C15H15N3OS/c1-10-6-5-9-12(17-10)15(19)18-13(14(16)20)11-7-3-2-4-8-11/h2-9,13H,1H3,(H2,16,20)(H,18,19). The Morgan fingerprint density at radius 2 is 1.90 bits per heavy atom. The van der Waals surface area contributed by atoms with E-state index in [4.69, 9.17) is 18.0 Å². The molecule has 1 heterocycles. The lowest BCUT2D eigenvalue weighted by Gasteiger charge is -2.17. The van der Waals surface area contributed by atoms with Crippen LogP contribution in [-0.4, -0.2) is 15.9 Å². The highest BCUT2D eigenvalue weighted by molar-refractivity contribution is 7.80. The summed E-state index contributed by atoms with van der Waals surface area (Å²) in [7, 11) is 0. The Bertz CT molecular complexity index is 628. The normalized spacial score (nSPS) is 11.7. The predicted octanol–water partition coefficient (Wildman–Crippen LogP) is 2.15. The number of aromatic nitrogens is 1. The number of nitrogens with two attached hydrogens (primary N) is 1. The Hall–Kier alpha value is -2.27. The lowest BCUT2D eigenvalue weighted by Crippen LogP contribution is -2.36. The number of aryl methyl sites for hydroxylation is 1. The van der Waals surface area contributed by atoms with Gasteiger partial charge in [0.05, 0.1) is 0 Å². The number of amides is 1. The van der Waals surface area contributed by atoms with Gasteiger partial charge in [-0.25, -0.2) is 4.98 Å². The van der Waals surface area contributed by atoms with Gasteiger partial charge in [-0.2, -0.15) is 0 Å². The first-order valence-electron chi connectivity index (χ1n) is 6.16. The number of hydrogen-bond donors (Lipinski definition) is 2. The van der Waals surface area contributed by atoms with Gasteiger partial charge in [-0.1, -0.05) is 48.6 Å². The van der Waals surface area contributed by atoms with Crippen LogP contribution in [0.2, 0.25) is 0 Å². The minimum atomic E-state index is -0.499. The molecule has 2 rings (SSSR count). The van der Waals surface area contributed by atoms with Crippen molar-refractivity contribution in [3.8, 4) is 0 Å². The van der Waals surface area contributed by atoms with Gasteiger partial charge in [-0.15, -0.1) is 0 Å². The molecule has 4 nitrogen and oxygen atoms in total. The third kappa shape index (κ3) is 3.39. The molecule has 0 aliphatic carbocycles. The second-order valence-electron chi connectivity index (χ2n) is 4.38. The molecule has 1 aromatic heterocycles. The highest BCUT2D eigenvalue weighted by Gasteiger charge is 2.18. The van der Waals surface area contributed by atoms with Gasteiger partial charge in [0, 0.05) is 5.69 Å². The summed E-state index contributed by atoms with van der Waals surface area (Å²) in [6.07, 6.45) is 0. The molecule has 5 heteroatoms. The summed E-state index contributed by atoms with van der Waals surface area (Å²) in [5.74, 6) is -0.296. The van der Waals surface area contributed by atoms with Gasteiger partial charge in [0.15, 0.2) is 0 Å². The zero-order valence-electron chi connectivity index (χ0n) is 11.0. The molecule has 0 spiro atoms. The number of nitrogens with one attached hydrogen (secondary N) is 1. The number of thiocarbonyl (C=S) groups is 1. The highest BCUT2D eigenvalue weighted by atomic mass is 32.1. The van der Waals surface area contributed by atoms with Crippen molar-refractivity contribution in [2.24, 2.45) is 5.73 Å². The summed E-state index contributed by atoms with van der Waals surface area (Å²) in [6.45, 7) is 1.83. The first-order valence-corrected chi connectivity index (χ1v) is 6.57. The molecular formula is C15H15N3OS. The van der Waals surface area contributed by atoms with E-state index in [1.807, 2.05) is 43.3 Å². The molecule has 1 aromatic carbocycles. The first-order chi connectivity index (χ1) is 9.58. The number of rotatable bonds is 4. The molecule has 3 N–H and O–H groups in total. The van der Waals surface area contributed by atoms with Crippen LogP contribution >= 0.6 is 12.2 Å². The SMILES string of the molecule is Cc1cccc(C(=O)NC(C(N)=S)c2ccccc2)n1. The lowest BCUT2D eigenvalue weighted by atomic mass is 10.1. The largest absolute Gasteiger partial charge is 0.391 e. The van der Waals surface area contributed by atoms with Crippen LogP contribution < -0.4 is 11.1 Å². The van der Waals surface area contributed by atoms with Gasteiger partial charge < -0.3 is 11.1 Å². The number of nitrogens with zero attached hydrogens (tertiary/aromatic N) is 1. The number of pyridine rings is 1. The van der Waals surface area contributed by atoms with Crippen molar-refractivity contribution in [1.82, 2.24) is 10.3 Å². The Balaban J connectivity index is 2.21. The quantitative estimate of drug-likeness (QED) is 0.845. The second kappa shape index (κ2) is 6.25. The Morgan fingerprint density at radius 1 is 1.20 bits per heavy atom. The van der Waals surface area contributed by atoms with Crippen LogP contribution in [0.4, 0.5) is 0 Å². The molecule has 20 heavy (non-hydrogen) atoms. The number of carbonyl (C=O) groups is 1. The van der Waals surface area contributed by atoms with Crippen molar-refractivity contribution in [2.45, 2.75) is 13.0 Å². The van der Waals surface area contributed by atoms with Gasteiger partial charge in [-0.3, -0.25) is 4.79 Å². The van der Waals surface area contributed by atoms with Gasteiger partial charge >= 0.3 is 0 Å². The molecule has 2 aromatic rings. The minimum absolute atomic E-state index is 0.220. The Labute approximate surface area is 123 Å². The lowest BCUT2D eigenvalue weighted by molar-refractivity contribution is 0.0941. The van der Waals surface area contributed by atoms with E-state index >= 15 is 0 Å². The maximum atomic E-state index is 12.2. The first kappa shape index (κ1) is 14.1. The van der Waals surface area contributed by atoms with Gasteiger partial charge in [-0.05, 0) is 24.6 Å². The summed E-state index contributed by atoms with van der Waals surface area (Å²) >= 11 is 5.04. The maximum absolute atomic E-state index is 12.2. The molecule has 0 aliphatic rings. The number of carbonyl (C=O) groups excluding carboxylic acids is 1. The van der Waals surface area contributed by atoms with Crippen molar-refractivity contribution in [3.63, 3.8) is 0 Å². The van der Waals surface area contributed by atoms with Crippen molar-refractivity contribution < 1.29 is 4.79 Å². The van der Waals surface area contributed by atoms with Crippen LogP contribution in [0, 0.1) is 6.92 Å². The molecular weight excluding hydrogens is 270 g/mol. The number of benzene rings is 1. The zero-order valence-corrected chi connectivity index (χ0v) is 11.9. The van der Waals surface area contributed by atoms with Crippen molar-refractivity contribution in [1.29, 1.82) is 0 Å². The maximum Gasteiger partial charge on any atom is 0.270 e. The molecule has 0 aliphatic heterocycles. The average molecular weight is 285 g/mol. The van der Waals surface area contributed by atoms with Gasteiger partial charge in [0.25, 0.3) is 5.91 Å². The predicted molar refractivity (Wildman–Crippen MR) is 82.4 cm³/mol. The smallest absolute Gasteiger partial charge is 0.270 e. The summed E-state index contributed by atoms with van der Waals surface area (Å²) in [5, 5.41) is 2.81. The van der Waals surface area contributed by atoms with Crippen LogP contribution in [0.15, 0.2) is 48.5 Å². The molecule has 0 bridgehead atoms. The highest BCUT2D eigenvalue weighted by Crippen LogP contribution is 2.13. The van der Waals surface area contributed by atoms with Crippen molar-refractivity contribution in [3.05, 3.63) is 65.5 Å². The molecule has 0 saturated heterocycles. The molecule has 0 fully saturated rings. The molecule has 1 amide bonds. The average Bonchev–Trinajstić information content (AvgIpc) is 2.45. The minimum Gasteiger partial charge on any atom is -0.391 e. The summed E-state index contributed by atoms with van der Waals surface area (Å²) in [4.78, 5) is 16.6. The third-order valence-electron chi connectivity index (χ3n) is 2.81. The monoisotopic (exact) mass is 285 g/mol. The molecule has 102 valence electrons. The fourth-order valence-corrected chi connectivity index (χ4v) is 2.03. The fourth-order valence-electron chi connectivity index (χ4n) is 1.84. The zero-order chi connectivity index (χ0) is 14.5.